The fourth-order valence-electron chi connectivity index (χ4n) is 0.637. The van der Waals surface area contributed by atoms with E-state index in [4.69, 9.17) is 0 Å². The lowest BCUT2D eigenvalue weighted by Gasteiger charge is -2.08. The summed E-state index contributed by atoms with van der Waals surface area (Å²) >= 11 is 0. The lowest BCUT2D eigenvalue weighted by molar-refractivity contribution is 0.493. The maximum Gasteiger partial charge on any atom is 0.0625 e. The van der Waals surface area contributed by atoms with E-state index in [2.05, 4.69) is 17.2 Å². The van der Waals surface area contributed by atoms with Gasteiger partial charge in [-0.3, -0.25) is 0 Å². The summed E-state index contributed by atoms with van der Waals surface area (Å²) in [6.07, 6.45) is 1.23. The Morgan fingerprint density at radius 1 is 1.43 bits per heavy atom. The Balaban J connectivity index is 2.32. The normalized spacial score (nSPS) is 30.7. The van der Waals surface area contributed by atoms with Crippen LogP contribution in [-0.2, 0) is 0 Å². The van der Waals surface area contributed by atoms with Crippen LogP contribution in [0.3, 0.4) is 0 Å². The molecule has 0 aliphatic carbocycles. The molecular weight excluding hydrogens is 88.1 g/mol. The van der Waals surface area contributed by atoms with Gasteiger partial charge >= 0.3 is 0 Å². The second-order valence-electron chi connectivity index (χ2n) is 2.08. The topological polar surface area (TPSA) is 24.7 Å². The van der Waals surface area contributed by atoms with Crippen LogP contribution in [0.15, 0.2) is 10.2 Å². The van der Waals surface area contributed by atoms with E-state index in [0.717, 1.165) is 19.0 Å². The summed E-state index contributed by atoms with van der Waals surface area (Å²) in [5.74, 6) is 0.775. The quantitative estimate of drug-likeness (QED) is 0.438. The largest absolute Gasteiger partial charge is 0.194 e. The van der Waals surface area contributed by atoms with E-state index in [9.17, 15) is 0 Å². The average Bonchev–Trinajstić information content (AvgIpc) is 1.69. The van der Waals surface area contributed by atoms with Crippen molar-refractivity contribution in [3.05, 3.63) is 0 Å². The van der Waals surface area contributed by atoms with Crippen molar-refractivity contribution in [3.8, 4) is 0 Å². The minimum Gasteiger partial charge on any atom is -0.194 e. The fourth-order valence-corrected chi connectivity index (χ4v) is 0.637. The number of nitrogens with zero attached hydrogens (tertiary/aromatic N) is 2. The molecule has 2 nitrogen and oxygen atoms in total. The summed E-state index contributed by atoms with van der Waals surface area (Å²) in [5, 5.41) is 7.74. The minimum atomic E-state index is 0.775. The second kappa shape index (κ2) is 2.05. The van der Waals surface area contributed by atoms with Gasteiger partial charge < -0.3 is 0 Å². The Hall–Kier alpha value is -0.400. The lowest BCUT2D eigenvalue weighted by Crippen LogP contribution is -2.04. The molecule has 2 heteroatoms. The Labute approximate surface area is 43.6 Å². The van der Waals surface area contributed by atoms with Crippen molar-refractivity contribution in [1.82, 2.24) is 0 Å². The van der Waals surface area contributed by atoms with Gasteiger partial charge in [0.2, 0.25) is 0 Å². The van der Waals surface area contributed by atoms with Crippen LogP contribution in [-0.4, -0.2) is 13.1 Å². The molecule has 1 rings (SSSR count). The third-order valence-electron chi connectivity index (χ3n) is 1.22. The smallest absolute Gasteiger partial charge is 0.0625 e. The van der Waals surface area contributed by atoms with Crippen LogP contribution in [0.2, 0.25) is 0 Å². The third-order valence-corrected chi connectivity index (χ3v) is 1.22. The molecule has 1 atom stereocenters. The van der Waals surface area contributed by atoms with Gasteiger partial charge in [0.15, 0.2) is 0 Å². The molecule has 0 amide bonds. The van der Waals surface area contributed by atoms with Crippen LogP contribution < -0.4 is 0 Å². The zero-order chi connectivity index (χ0) is 5.11. The first-order valence-electron chi connectivity index (χ1n) is 2.73. The monoisotopic (exact) mass is 98.1 g/mol. The van der Waals surface area contributed by atoms with Gasteiger partial charge in [0.25, 0.3) is 0 Å². The fraction of sp³-hybridized carbons (Fsp3) is 1.00. The van der Waals surface area contributed by atoms with Crippen LogP contribution in [0.25, 0.3) is 0 Å². The van der Waals surface area contributed by atoms with Gasteiger partial charge in [0, 0.05) is 0 Å². The van der Waals surface area contributed by atoms with Crippen molar-refractivity contribution in [3.63, 3.8) is 0 Å². The first-order valence-corrected chi connectivity index (χ1v) is 2.73. The highest BCUT2D eigenvalue weighted by Crippen LogP contribution is 2.06. The van der Waals surface area contributed by atoms with E-state index in [-0.39, 0.29) is 0 Å². The highest BCUT2D eigenvalue weighted by molar-refractivity contribution is 4.60. The molecule has 0 saturated heterocycles. The zero-order valence-electron chi connectivity index (χ0n) is 4.59. The van der Waals surface area contributed by atoms with Crippen molar-refractivity contribution in [2.45, 2.75) is 13.3 Å². The lowest BCUT2D eigenvalue weighted by atomic mass is 10.1. The van der Waals surface area contributed by atoms with E-state index in [1.54, 1.807) is 0 Å². The molecule has 7 heavy (non-hydrogen) atoms. The molecule has 0 fully saturated rings. The Morgan fingerprint density at radius 2 is 2.29 bits per heavy atom. The molecule has 40 valence electrons. The van der Waals surface area contributed by atoms with Crippen molar-refractivity contribution in [2.24, 2.45) is 16.1 Å². The molecule has 1 aliphatic rings. The van der Waals surface area contributed by atoms with Crippen LogP contribution in [0.4, 0.5) is 0 Å². The van der Waals surface area contributed by atoms with Gasteiger partial charge in [-0.2, -0.15) is 10.2 Å². The van der Waals surface area contributed by atoms with Gasteiger partial charge in [0.05, 0.1) is 13.1 Å². The van der Waals surface area contributed by atoms with Gasteiger partial charge in [-0.25, -0.2) is 0 Å². The maximum atomic E-state index is 3.88. The number of hydrogen-bond acceptors (Lipinski definition) is 2. The number of rotatable bonds is 0. The zero-order valence-corrected chi connectivity index (χ0v) is 4.59. The standard InChI is InChI=1S/C5H10N2/c1-5-2-3-6-7-4-5/h5H,2-4H2,1H3. The number of hydrogen-bond donors (Lipinski definition) is 0. The van der Waals surface area contributed by atoms with E-state index in [1.807, 2.05) is 0 Å². The molecule has 1 heterocycles. The van der Waals surface area contributed by atoms with Crippen LogP contribution in [0.5, 0.6) is 0 Å². The maximum absolute atomic E-state index is 3.88. The summed E-state index contributed by atoms with van der Waals surface area (Å²) in [6, 6.07) is 0. The minimum absolute atomic E-state index is 0.775. The molecule has 1 aliphatic heterocycles. The molecule has 1 unspecified atom stereocenters. The van der Waals surface area contributed by atoms with Gasteiger partial charge in [0.1, 0.15) is 0 Å². The highest BCUT2D eigenvalue weighted by Gasteiger charge is 2.02. The van der Waals surface area contributed by atoms with Crippen molar-refractivity contribution in [1.29, 1.82) is 0 Å². The van der Waals surface area contributed by atoms with Crippen molar-refractivity contribution in [2.75, 3.05) is 13.1 Å². The molecule has 0 aromatic carbocycles. The SMILES string of the molecule is CC1CCN=NC1. The summed E-state index contributed by atoms with van der Waals surface area (Å²) in [7, 11) is 0. The Kier molecular flexibility index (Phi) is 1.39. The predicted molar refractivity (Wildman–Crippen MR) is 28.4 cm³/mol. The van der Waals surface area contributed by atoms with Crippen LogP contribution in [0, 0.1) is 5.92 Å². The molecular formula is C5H10N2. The van der Waals surface area contributed by atoms with E-state index < -0.39 is 0 Å². The molecule has 0 aromatic rings. The van der Waals surface area contributed by atoms with E-state index in [1.165, 1.54) is 6.42 Å². The Morgan fingerprint density at radius 3 is 2.57 bits per heavy atom. The van der Waals surface area contributed by atoms with Gasteiger partial charge in [-0.15, -0.1) is 0 Å². The first kappa shape index (κ1) is 4.75. The molecule has 0 aromatic heterocycles. The van der Waals surface area contributed by atoms with Gasteiger partial charge in [-0.05, 0) is 12.3 Å². The predicted octanol–water partition coefficient (Wildman–Crippen LogP) is 1.48. The number of azo groups is 1. The second-order valence-corrected chi connectivity index (χ2v) is 2.08. The average molecular weight is 98.1 g/mol. The summed E-state index contributed by atoms with van der Waals surface area (Å²) < 4.78 is 0. The Bertz CT molecular complexity index is 78.1. The summed E-state index contributed by atoms with van der Waals surface area (Å²) in [4.78, 5) is 0. The highest BCUT2D eigenvalue weighted by atomic mass is 15.1. The van der Waals surface area contributed by atoms with E-state index >= 15 is 0 Å². The van der Waals surface area contributed by atoms with E-state index in [0.29, 0.717) is 0 Å². The molecule has 0 bridgehead atoms. The first-order chi connectivity index (χ1) is 3.39. The summed E-state index contributed by atoms with van der Waals surface area (Å²) in [5.41, 5.74) is 0. The van der Waals surface area contributed by atoms with Crippen molar-refractivity contribution >= 4 is 0 Å². The van der Waals surface area contributed by atoms with Gasteiger partial charge in [-0.1, -0.05) is 6.92 Å². The molecule has 0 saturated carbocycles. The molecule has 0 radical (unpaired) electrons. The van der Waals surface area contributed by atoms with Crippen LogP contribution >= 0.6 is 0 Å². The third kappa shape index (κ3) is 1.26. The molecule has 0 N–H and O–H groups in total. The van der Waals surface area contributed by atoms with Crippen LogP contribution in [0.1, 0.15) is 13.3 Å². The van der Waals surface area contributed by atoms with Crippen molar-refractivity contribution < 1.29 is 0 Å². The summed E-state index contributed by atoms with van der Waals surface area (Å²) in [6.45, 7) is 4.10. The molecule has 0 spiro atoms.